The maximum atomic E-state index is 13.1. The number of rotatable bonds is 4. The first kappa shape index (κ1) is 19.3. The molecule has 0 fully saturated rings. The van der Waals surface area contributed by atoms with E-state index in [0.717, 1.165) is 28.2 Å². The molecule has 156 valence electrons. The van der Waals surface area contributed by atoms with Crippen molar-refractivity contribution in [2.75, 3.05) is 13.8 Å². The quantitative estimate of drug-likeness (QED) is 0.591. The number of benzene rings is 2. The van der Waals surface area contributed by atoms with Crippen LogP contribution in [0, 0.1) is 6.92 Å². The van der Waals surface area contributed by atoms with Crippen LogP contribution in [0.4, 0.5) is 0 Å². The Morgan fingerprint density at radius 1 is 1.19 bits per heavy atom. The molecule has 6 heteroatoms. The Morgan fingerprint density at radius 3 is 2.84 bits per heavy atom. The predicted octanol–water partition coefficient (Wildman–Crippen LogP) is 4.37. The van der Waals surface area contributed by atoms with Gasteiger partial charge in [0, 0.05) is 30.9 Å². The SMILES string of the molecule is COc1ccccc1CN1COc2cc(C)c3c(c2C1)O/C(=C\c1ccccn1)C3=O. The van der Waals surface area contributed by atoms with Gasteiger partial charge in [-0.1, -0.05) is 24.3 Å². The molecule has 0 amide bonds. The molecule has 1 aromatic heterocycles. The number of aryl methyl sites for hydroxylation is 1. The minimum Gasteiger partial charge on any atom is -0.496 e. The lowest BCUT2D eigenvalue weighted by Crippen LogP contribution is -2.32. The first-order valence-corrected chi connectivity index (χ1v) is 10.1. The summed E-state index contributed by atoms with van der Waals surface area (Å²) in [5, 5.41) is 0. The number of carbonyl (C=O) groups excluding carboxylic acids is 1. The summed E-state index contributed by atoms with van der Waals surface area (Å²) in [6.45, 7) is 3.64. The van der Waals surface area contributed by atoms with Gasteiger partial charge in [0.05, 0.1) is 23.9 Å². The maximum absolute atomic E-state index is 13.1. The Kier molecular flexibility index (Phi) is 4.92. The third-order valence-corrected chi connectivity index (χ3v) is 5.54. The van der Waals surface area contributed by atoms with E-state index in [0.29, 0.717) is 36.8 Å². The minimum absolute atomic E-state index is 0.122. The van der Waals surface area contributed by atoms with E-state index >= 15 is 0 Å². The molecular formula is C25H22N2O4. The number of hydrogen-bond donors (Lipinski definition) is 0. The van der Waals surface area contributed by atoms with Gasteiger partial charge in [-0.25, -0.2) is 0 Å². The summed E-state index contributed by atoms with van der Waals surface area (Å²) in [5.41, 5.74) is 4.09. The zero-order valence-corrected chi connectivity index (χ0v) is 17.4. The van der Waals surface area contributed by atoms with E-state index in [9.17, 15) is 4.79 Å². The van der Waals surface area contributed by atoms with Crippen molar-refractivity contribution in [3.8, 4) is 17.2 Å². The van der Waals surface area contributed by atoms with Crippen LogP contribution in [0.15, 0.2) is 60.5 Å². The van der Waals surface area contributed by atoms with E-state index in [2.05, 4.69) is 9.88 Å². The second-order valence-electron chi connectivity index (χ2n) is 7.64. The van der Waals surface area contributed by atoms with Gasteiger partial charge in [0.15, 0.2) is 5.76 Å². The highest BCUT2D eigenvalue weighted by Crippen LogP contribution is 2.44. The fourth-order valence-corrected chi connectivity index (χ4v) is 4.05. The molecule has 0 unspecified atom stereocenters. The molecular weight excluding hydrogens is 392 g/mol. The third kappa shape index (κ3) is 3.55. The van der Waals surface area contributed by atoms with Gasteiger partial charge in [-0.05, 0) is 36.8 Å². The molecule has 2 aliphatic rings. The predicted molar refractivity (Wildman–Crippen MR) is 116 cm³/mol. The number of carbonyl (C=O) groups is 1. The largest absolute Gasteiger partial charge is 0.496 e. The number of fused-ring (bicyclic) bond motifs is 3. The zero-order chi connectivity index (χ0) is 21.4. The van der Waals surface area contributed by atoms with Gasteiger partial charge >= 0.3 is 0 Å². The van der Waals surface area contributed by atoms with Crippen LogP contribution in [-0.2, 0) is 13.1 Å². The summed E-state index contributed by atoms with van der Waals surface area (Å²) in [6.07, 6.45) is 3.38. The van der Waals surface area contributed by atoms with Gasteiger partial charge in [0.1, 0.15) is 24.0 Å². The number of nitrogens with zero attached hydrogens (tertiary/aromatic N) is 2. The molecule has 0 bridgehead atoms. The number of ether oxygens (including phenoxy) is 3. The summed E-state index contributed by atoms with van der Waals surface area (Å²) in [7, 11) is 1.67. The molecule has 0 saturated heterocycles. The first-order chi connectivity index (χ1) is 15.1. The van der Waals surface area contributed by atoms with E-state index in [1.807, 2.05) is 55.5 Å². The topological polar surface area (TPSA) is 60.9 Å². The molecule has 31 heavy (non-hydrogen) atoms. The lowest BCUT2D eigenvalue weighted by molar-refractivity contribution is 0.0864. The monoisotopic (exact) mass is 414 g/mol. The highest BCUT2D eigenvalue weighted by atomic mass is 16.5. The fourth-order valence-electron chi connectivity index (χ4n) is 4.05. The molecule has 0 aliphatic carbocycles. The van der Waals surface area contributed by atoms with E-state index < -0.39 is 0 Å². The van der Waals surface area contributed by atoms with Gasteiger partial charge < -0.3 is 14.2 Å². The second kappa shape index (κ2) is 7.89. The van der Waals surface area contributed by atoms with Gasteiger partial charge in [-0.15, -0.1) is 0 Å². The van der Waals surface area contributed by atoms with Crippen molar-refractivity contribution in [3.63, 3.8) is 0 Å². The van der Waals surface area contributed by atoms with Crippen LogP contribution >= 0.6 is 0 Å². The van der Waals surface area contributed by atoms with E-state index in [1.54, 1.807) is 19.4 Å². The Hall–Kier alpha value is -3.64. The molecule has 2 aromatic carbocycles. The summed E-state index contributed by atoms with van der Waals surface area (Å²) in [4.78, 5) is 19.5. The first-order valence-electron chi connectivity index (χ1n) is 10.1. The molecule has 0 radical (unpaired) electrons. The number of pyridine rings is 1. The Morgan fingerprint density at radius 2 is 2.03 bits per heavy atom. The zero-order valence-electron chi connectivity index (χ0n) is 17.4. The summed E-state index contributed by atoms with van der Waals surface area (Å²) >= 11 is 0. The lowest BCUT2D eigenvalue weighted by atomic mass is 9.98. The number of ketones is 1. The van der Waals surface area contributed by atoms with E-state index in [1.165, 1.54) is 0 Å². The van der Waals surface area contributed by atoms with Crippen LogP contribution in [0.2, 0.25) is 0 Å². The van der Waals surface area contributed by atoms with Crippen LogP contribution in [0.1, 0.15) is 32.7 Å². The van der Waals surface area contributed by atoms with Crippen LogP contribution in [0.25, 0.3) is 6.08 Å². The smallest absolute Gasteiger partial charge is 0.232 e. The maximum Gasteiger partial charge on any atom is 0.232 e. The van der Waals surface area contributed by atoms with Gasteiger partial charge in [-0.3, -0.25) is 14.7 Å². The van der Waals surface area contributed by atoms with Crippen LogP contribution in [0.5, 0.6) is 17.2 Å². The molecule has 0 spiro atoms. The normalized spacial score (nSPS) is 16.5. The summed E-state index contributed by atoms with van der Waals surface area (Å²) in [6, 6.07) is 15.4. The third-order valence-electron chi connectivity index (χ3n) is 5.54. The number of hydrogen-bond acceptors (Lipinski definition) is 6. The van der Waals surface area contributed by atoms with Crippen LogP contribution in [-0.4, -0.2) is 29.5 Å². The molecule has 0 saturated carbocycles. The Labute approximate surface area is 180 Å². The van der Waals surface area contributed by atoms with Crippen LogP contribution < -0.4 is 14.2 Å². The van der Waals surface area contributed by atoms with Crippen molar-refractivity contribution in [3.05, 3.63) is 88.4 Å². The van der Waals surface area contributed by atoms with Crippen molar-refractivity contribution >= 4 is 11.9 Å². The number of para-hydroxylation sites is 1. The highest BCUT2D eigenvalue weighted by molar-refractivity contribution is 6.15. The lowest BCUT2D eigenvalue weighted by Gasteiger charge is -2.30. The van der Waals surface area contributed by atoms with Crippen molar-refractivity contribution in [2.45, 2.75) is 20.0 Å². The van der Waals surface area contributed by atoms with Gasteiger partial charge in [0.25, 0.3) is 0 Å². The minimum atomic E-state index is -0.122. The Balaban J connectivity index is 1.47. The highest BCUT2D eigenvalue weighted by Gasteiger charge is 2.35. The Bertz CT molecular complexity index is 1190. The number of Topliss-reactive ketones (excluding diaryl/α,β-unsaturated/α-hetero) is 1. The molecule has 3 aromatic rings. The number of methoxy groups -OCH3 is 1. The number of allylic oxidation sites excluding steroid dienone is 1. The van der Waals surface area contributed by atoms with Crippen LogP contribution in [0.3, 0.4) is 0 Å². The molecule has 3 heterocycles. The van der Waals surface area contributed by atoms with Gasteiger partial charge in [-0.2, -0.15) is 0 Å². The average Bonchev–Trinajstić information content (AvgIpc) is 3.12. The molecule has 0 atom stereocenters. The van der Waals surface area contributed by atoms with Crippen molar-refractivity contribution in [1.82, 2.24) is 9.88 Å². The summed E-state index contributed by atoms with van der Waals surface area (Å²) < 4.78 is 17.6. The molecule has 2 aliphatic heterocycles. The van der Waals surface area contributed by atoms with Crippen molar-refractivity contribution in [1.29, 1.82) is 0 Å². The molecule has 6 nitrogen and oxygen atoms in total. The average molecular weight is 414 g/mol. The van der Waals surface area contributed by atoms with E-state index in [-0.39, 0.29) is 11.5 Å². The van der Waals surface area contributed by atoms with Gasteiger partial charge in [0.2, 0.25) is 5.78 Å². The van der Waals surface area contributed by atoms with Crippen molar-refractivity contribution < 1.29 is 19.0 Å². The fraction of sp³-hybridized carbons (Fsp3) is 0.200. The molecule has 5 rings (SSSR count). The van der Waals surface area contributed by atoms with E-state index in [4.69, 9.17) is 14.2 Å². The summed E-state index contributed by atoms with van der Waals surface area (Å²) in [5.74, 6) is 2.36. The standard InChI is InChI=1S/C25H22N2O4/c1-16-11-21-19(14-27(15-30-21)13-17-7-3-4-9-20(17)29-2)25-23(16)24(28)22(31-25)12-18-8-5-6-10-26-18/h3-12H,13-15H2,1-2H3/b22-12-. The second-order valence-corrected chi connectivity index (χ2v) is 7.64. The molecule has 0 N–H and O–H groups in total. The number of aromatic nitrogens is 1. The van der Waals surface area contributed by atoms with Crippen molar-refractivity contribution in [2.24, 2.45) is 0 Å².